The number of fused-ring (bicyclic) bond motifs is 1. The Kier molecular flexibility index (Phi) is 3.44. The Hall–Kier alpha value is -1.01. The summed E-state index contributed by atoms with van der Waals surface area (Å²) in [7, 11) is 0. The van der Waals surface area contributed by atoms with Crippen molar-refractivity contribution < 1.29 is 17.9 Å². The highest BCUT2D eigenvalue weighted by atomic mass is 19.4. The van der Waals surface area contributed by atoms with Crippen molar-refractivity contribution in [2.45, 2.75) is 38.2 Å². The van der Waals surface area contributed by atoms with E-state index in [1.54, 1.807) is 10.8 Å². The molecule has 17 heavy (non-hydrogen) atoms. The molecule has 2 rings (SSSR count). The average molecular weight is 248 g/mol. The molecule has 1 aromatic heterocycles. The Bertz CT molecular complexity index is 387. The van der Waals surface area contributed by atoms with Gasteiger partial charge in [0.2, 0.25) is 0 Å². The minimum absolute atomic E-state index is 0.00242. The van der Waals surface area contributed by atoms with Crippen LogP contribution in [-0.4, -0.2) is 17.4 Å². The lowest BCUT2D eigenvalue weighted by molar-refractivity contribution is -0.181. The standard InChI is InChI=1S/C11H15F3N2O/c12-11(13,14)6-17-7-16-4-8-2-1-3-10(15)9(8)5-16/h4-5,10H,1-3,6-7,15H2. The van der Waals surface area contributed by atoms with Crippen LogP contribution < -0.4 is 5.73 Å². The normalized spacial score (nSPS) is 20.4. The summed E-state index contributed by atoms with van der Waals surface area (Å²) in [6, 6.07) is 0.00242. The molecule has 96 valence electrons. The lowest BCUT2D eigenvalue weighted by Gasteiger charge is -2.17. The van der Waals surface area contributed by atoms with Crippen molar-refractivity contribution in [3.8, 4) is 0 Å². The first-order valence-electron chi connectivity index (χ1n) is 5.54. The van der Waals surface area contributed by atoms with Crippen molar-refractivity contribution in [2.75, 3.05) is 6.61 Å². The van der Waals surface area contributed by atoms with Crippen LogP contribution in [0, 0.1) is 0 Å². The van der Waals surface area contributed by atoms with Crippen LogP contribution in [-0.2, 0) is 17.9 Å². The van der Waals surface area contributed by atoms with Gasteiger partial charge in [0.1, 0.15) is 13.3 Å². The van der Waals surface area contributed by atoms with E-state index in [9.17, 15) is 13.2 Å². The van der Waals surface area contributed by atoms with Crippen molar-refractivity contribution in [3.05, 3.63) is 23.5 Å². The molecule has 1 atom stereocenters. The monoisotopic (exact) mass is 248 g/mol. The molecule has 0 amide bonds. The third-order valence-corrected chi connectivity index (χ3v) is 2.86. The van der Waals surface area contributed by atoms with Gasteiger partial charge in [0, 0.05) is 18.4 Å². The number of nitrogens with two attached hydrogens (primary N) is 1. The van der Waals surface area contributed by atoms with Gasteiger partial charge in [-0.3, -0.25) is 0 Å². The van der Waals surface area contributed by atoms with Gasteiger partial charge in [-0.15, -0.1) is 0 Å². The summed E-state index contributed by atoms with van der Waals surface area (Å²) >= 11 is 0. The number of aryl methyl sites for hydroxylation is 1. The molecule has 0 spiro atoms. The number of ether oxygens (including phenoxy) is 1. The SMILES string of the molecule is NC1CCCc2cn(COCC(F)(F)F)cc21. The van der Waals surface area contributed by atoms with Crippen LogP contribution in [0.3, 0.4) is 0 Å². The molecule has 1 unspecified atom stereocenters. The van der Waals surface area contributed by atoms with Crippen LogP contribution in [0.5, 0.6) is 0 Å². The molecule has 0 bridgehead atoms. The molecule has 1 aliphatic rings. The number of hydrogen-bond acceptors (Lipinski definition) is 2. The molecule has 3 nitrogen and oxygen atoms in total. The predicted octanol–water partition coefficient (Wildman–Crippen LogP) is 2.36. The molecule has 2 N–H and O–H groups in total. The summed E-state index contributed by atoms with van der Waals surface area (Å²) in [5.74, 6) is 0. The van der Waals surface area contributed by atoms with Crippen molar-refractivity contribution in [1.29, 1.82) is 0 Å². The smallest absolute Gasteiger partial charge is 0.351 e. The van der Waals surface area contributed by atoms with E-state index < -0.39 is 12.8 Å². The maximum absolute atomic E-state index is 11.9. The van der Waals surface area contributed by atoms with E-state index in [1.165, 1.54) is 0 Å². The summed E-state index contributed by atoms with van der Waals surface area (Å²) in [5.41, 5.74) is 8.08. The Morgan fingerprint density at radius 3 is 2.82 bits per heavy atom. The van der Waals surface area contributed by atoms with Gasteiger partial charge in [-0.1, -0.05) is 0 Å². The van der Waals surface area contributed by atoms with Crippen LogP contribution in [0.2, 0.25) is 0 Å². The lowest BCUT2D eigenvalue weighted by Crippen LogP contribution is -2.18. The Morgan fingerprint density at radius 2 is 2.18 bits per heavy atom. The topological polar surface area (TPSA) is 40.2 Å². The van der Waals surface area contributed by atoms with Gasteiger partial charge in [-0.05, 0) is 30.4 Å². The van der Waals surface area contributed by atoms with Gasteiger partial charge >= 0.3 is 6.18 Å². The second kappa shape index (κ2) is 4.70. The third kappa shape index (κ3) is 3.23. The van der Waals surface area contributed by atoms with Crippen molar-refractivity contribution >= 4 is 0 Å². The molecule has 1 heterocycles. The van der Waals surface area contributed by atoms with E-state index in [-0.39, 0.29) is 12.8 Å². The highest BCUT2D eigenvalue weighted by Crippen LogP contribution is 2.28. The predicted molar refractivity (Wildman–Crippen MR) is 56.3 cm³/mol. The highest BCUT2D eigenvalue weighted by Gasteiger charge is 2.27. The minimum atomic E-state index is -4.27. The van der Waals surface area contributed by atoms with E-state index >= 15 is 0 Å². The first-order valence-corrected chi connectivity index (χ1v) is 5.54. The fraction of sp³-hybridized carbons (Fsp3) is 0.636. The first kappa shape index (κ1) is 12.4. The zero-order chi connectivity index (χ0) is 12.5. The molecule has 0 aromatic carbocycles. The fourth-order valence-electron chi connectivity index (χ4n) is 2.13. The van der Waals surface area contributed by atoms with Crippen LogP contribution in [0.4, 0.5) is 13.2 Å². The number of alkyl halides is 3. The number of nitrogens with zero attached hydrogens (tertiary/aromatic N) is 1. The van der Waals surface area contributed by atoms with E-state index in [1.807, 2.05) is 6.20 Å². The molecule has 6 heteroatoms. The lowest BCUT2D eigenvalue weighted by atomic mass is 9.92. The molecule has 0 radical (unpaired) electrons. The summed E-state index contributed by atoms with van der Waals surface area (Å²) in [4.78, 5) is 0. The Morgan fingerprint density at radius 1 is 1.41 bits per heavy atom. The molecule has 1 aromatic rings. The Balaban J connectivity index is 1.94. The largest absolute Gasteiger partial charge is 0.411 e. The molecule has 0 saturated heterocycles. The number of halogens is 3. The summed E-state index contributed by atoms with van der Waals surface area (Å²) < 4.78 is 41.9. The van der Waals surface area contributed by atoms with Crippen LogP contribution in [0.1, 0.15) is 30.0 Å². The van der Waals surface area contributed by atoms with E-state index in [2.05, 4.69) is 4.74 Å². The van der Waals surface area contributed by atoms with Gasteiger partial charge in [-0.25, -0.2) is 0 Å². The third-order valence-electron chi connectivity index (χ3n) is 2.86. The van der Waals surface area contributed by atoms with Gasteiger partial charge in [0.15, 0.2) is 0 Å². The van der Waals surface area contributed by atoms with E-state index in [0.717, 1.165) is 30.4 Å². The quantitative estimate of drug-likeness (QED) is 0.892. The van der Waals surface area contributed by atoms with Crippen LogP contribution >= 0.6 is 0 Å². The van der Waals surface area contributed by atoms with Crippen LogP contribution in [0.25, 0.3) is 0 Å². The van der Waals surface area contributed by atoms with Crippen LogP contribution in [0.15, 0.2) is 12.4 Å². The fourth-order valence-corrected chi connectivity index (χ4v) is 2.13. The highest BCUT2D eigenvalue weighted by molar-refractivity contribution is 5.29. The molecular formula is C11H15F3N2O. The van der Waals surface area contributed by atoms with Gasteiger partial charge in [-0.2, -0.15) is 13.2 Å². The summed E-state index contributed by atoms with van der Waals surface area (Å²) in [6.07, 6.45) is 2.24. The van der Waals surface area contributed by atoms with Gasteiger partial charge < -0.3 is 15.0 Å². The molecular weight excluding hydrogens is 233 g/mol. The van der Waals surface area contributed by atoms with E-state index in [0.29, 0.717) is 0 Å². The summed E-state index contributed by atoms with van der Waals surface area (Å²) in [6.45, 7) is -1.30. The molecule has 1 aliphatic carbocycles. The Labute approximate surface area is 97.3 Å². The zero-order valence-electron chi connectivity index (χ0n) is 9.33. The maximum atomic E-state index is 11.9. The van der Waals surface area contributed by atoms with Gasteiger partial charge in [0.25, 0.3) is 0 Å². The first-order chi connectivity index (χ1) is 7.96. The van der Waals surface area contributed by atoms with Crippen molar-refractivity contribution in [1.82, 2.24) is 4.57 Å². The van der Waals surface area contributed by atoms with Gasteiger partial charge in [0.05, 0.1) is 0 Å². The average Bonchev–Trinajstić information content (AvgIpc) is 2.60. The zero-order valence-corrected chi connectivity index (χ0v) is 9.33. The number of rotatable bonds is 3. The second-order valence-corrected chi connectivity index (χ2v) is 4.34. The van der Waals surface area contributed by atoms with Crippen molar-refractivity contribution in [2.24, 2.45) is 5.73 Å². The van der Waals surface area contributed by atoms with E-state index in [4.69, 9.17) is 5.73 Å². The minimum Gasteiger partial charge on any atom is -0.351 e. The number of hydrogen-bond donors (Lipinski definition) is 1. The molecule has 0 fully saturated rings. The number of aromatic nitrogens is 1. The molecule has 0 aliphatic heterocycles. The summed E-state index contributed by atoms with van der Waals surface area (Å²) in [5, 5.41) is 0. The second-order valence-electron chi connectivity index (χ2n) is 4.34. The molecule has 0 saturated carbocycles. The maximum Gasteiger partial charge on any atom is 0.411 e. The van der Waals surface area contributed by atoms with Crippen molar-refractivity contribution in [3.63, 3.8) is 0 Å².